The molecule has 2 rings (SSSR count). The fraction of sp³-hybridized carbons (Fsp3) is 0.571. The van der Waals surface area contributed by atoms with Crippen LogP contribution in [0.5, 0.6) is 0 Å². The number of aryl methyl sites for hydroxylation is 1. The van der Waals surface area contributed by atoms with E-state index >= 15 is 0 Å². The summed E-state index contributed by atoms with van der Waals surface area (Å²) in [5.41, 5.74) is 2.69. The van der Waals surface area contributed by atoms with Gasteiger partial charge in [-0.05, 0) is 31.7 Å². The Kier molecular flexibility index (Phi) is 3.97. The fourth-order valence-electron chi connectivity index (χ4n) is 2.51. The lowest BCUT2D eigenvalue weighted by atomic mass is 10.1. The quantitative estimate of drug-likeness (QED) is 0.840. The average Bonchev–Trinajstić information content (AvgIpc) is 2.74. The van der Waals surface area contributed by atoms with Gasteiger partial charge in [-0.1, -0.05) is 29.8 Å². The molecule has 2 nitrogen and oxygen atoms in total. The molecule has 0 heterocycles. The van der Waals surface area contributed by atoms with E-state index in [0.717, 1.165) is 6.54 Å². The standard InChI is InChI=1S/C14H21NO/c1-11-5-3-6-12(9-11)10-15-13-7-4-8-14(13)16-2/h3,5-6,9,13-15H,4,7-8,10H2,1-2H3. The Balaban J connectivity index is 1.87. The molecule has 0 saturated heterocycles. The number of ether oxygens (including phenoxy) is 1. The zero-order valence-corrected chi connectivity index (χ0v) is 10.2. The Morgan fingerprint density at radius 1 is 1.38 bits per heavy atom. The van der Waals surface area contributed by atoms with Crippen LogP contribution in [0.3, 0.4) is 0 Å². The highest BCUT2D eigenvalue weighted by atomic mass is 16.5. The number of methoxy groups -OCH3 is 1. The van der Waals surface area contributed by atoms with Gasteiger partial charge in [-0.3, -0.25) is 0 Å². The predicted octanol–water partition coefficient (Wildman–Crippen LogP) is 2.65. The molecule has 16 heavy (non-hydrogen) atoms. The van der Waals surface area contributed by atoms with Crippen molar-refractivity contribution in [2.24, 2.45) is 0 Å². The number of benzene rings is 1. The third kappa shape index (κ3) is 2.83. The van der Waals surface area contributed by atoms with Crippen molar-refractivity contribution >= 4 is 0 Å². The molecule has 0 bridgehead atoms. The highest BCUT2D eigenvalue weighted by Gasteiger charge is 2.26. The lowest BCUT2D eigenvalue weighted by Gasteiger charge is -2.19. The van der Waals surface area contributed by atoms with E-state index in [9.17, 15) is 0 Å². The van der Waals surface area contributed by atoms with Gasteiger partial charge >= 0.3 is 0 Å². The van der Waals surface area contributed by atoms with E-state index in [1.807, 2.05) is 7.11 Å². The summed E-state index contributed by atoms with van der Waals surface area (Å²) in [6.07, 6.45) is 4.13. The van der Waals surface area contributed by atoms with Gasteiger partial charge in [0, 0.05) is 19.7 Å². The van der Waals surface area contributed by atoms with Crippen molar-refractivity contribution in [2.45, 2.75) is 44.9 Å². The van der Waals surface area contributed by atoms with Gasteiger partial charge in [-0.15, -0.1) is 0 Å². The monoisotopic (exact) mass is 219 g/mol. The van der Waals surface area contributed by atoms with Crippen molar-refractivity contribution in [2.75, 3.05) is 7.11 Å². The van der Waals surface area contributed by atoms with Crippen LogP contribution >= 0.6 is 0 Å². The molecule has 1 aromatic rings. The van der Waals surface area contributed by atoms with Crippen molar-refractivity contribution in [3.8, 4) is 0 Å². The Morgan fingerprint density at radius 2 is 2.25 bits per heavy atom. The summed E-state index contributed by atoms with van der Waals surface area (Å²) < 4.78 is 5.47. The fourth-order valence-corrected chi connectivity index (χ4v) is 2.51. The molecule has 1 aliphatic carbocycles. The summed E-state index contributed by atoms with van der Waals surface area (Å²) in [4.78, 5) is 0. The first-order chi connectivity index (χ1) is 7.79. The van der Waals surface area contributed by atoms with Crippen LogP contribution in [0.4, 0.5) is 0 Å². The van der Waals surface area contributed by atoms with Crippen LogP contribution in [0.2, 0.25) is 0 Å². The minimum absolute atomic E-state index is 0.407. The van der Waals surface area contributed by atoms with Crippen molar-refractivity contribution in [3.05, 3.63) is 35.4 Å². The normalized spacial score (nSPS) is 24.9. The molecular formula is C14H21NO. The first-order valence-corrected chi connectivity index (χ1v) is 6.11. The Morgan fingerprint density at radius 3 is 3.00 bits per heavy atom. The summed E-state index contributed by atoms with van der Waals surface area (Å²) >= 11 is 0. The van der Waals surface area contributed by atoms with Gasteiger partial charge in [0.25, 0.3) is 0 Å². The highest BCUT2D eigenvalue weighted by Crippen LogP contribution is 2.21. The van der Waals surface area contributed by atoms with Gasteiger partial charge in [-0.25, -0.2) is 0 Å². The van der Waals surface area contributed by atoms with Crippen molar-refractivity contribution in [1.29, 1.82) is 0 Å². The third-order valence-corrected chi connectivity index (χ3v) is 3.41. The second kappa shape index (κ2) is 5.46. The number of hydrogen-bond acceptors (Lipinski definition) is 2. The first kappa shape index (κ1) is 11.6. The van der Waals surface area contributed by atoms with E-state index in [4.69, 9.17) is 4.74 Å². The molecule has 0 radical (unpaired) electrons. The molecule has 1 saturated carbocycles. The summed E-state index contributed by atoms with van der Waals surface area (Å²) in [5.74, 6) is 0. The molecular weight excluding hydrogens is 198 g/mol. The van der Waals surface area contributed by atoms with Gasteiger partial charge in [0.15, 0.2) is 0 Å². The van der Waals surface area contributed by atoms with Gasteiger partial charge in [0.2, 0.25) is 0 Å². The molecule has 1 N–H and O–H groups in total. The molecule has 1 fully saturated rings. The third-order valence-electron chi connectivity index (χ3n) is 3.41. The second-order valence-electron chi connectivity index (χ2n) is 4.68. The Bertz CT molecular complexity index is 337. The minimum atomic E-state index is 0.407. The van der Waals surface area contributed by atoms with Crippen LogP contribution in [0.15, 0.2) is 24.3 Å². The number of nitrogens with one attached hydrogen (secondary N) is 1. The Hall–Kier alpha value is -0.860. The van der Waals surface area contributed by atoms with Gasteiger partial charge < -0.3 is 10.1 Å². The lowest BCUT2D eigenvalue weighted by Crippen LogP contribution is -2.36. The van der Waals surface area contributed by atoms with Gasteiger partial charge in [0.1, 0.15) is 0 Å². The molecule has 0 amide bonds. The maximum atomic E-state index is 5.47. The zero-order chi connectivity index (χ0) is 11.4. The highest BCUT2D eigenvalue weighted by molar-refractivity contribution is 5.22. The second-order valence-corrected chi connectivity index (χ2v) is 4.68. The maximum absolute atomic E-state index is 5.47. The van der Waals surface area contributed by atoms with Crippen LogP contribution in [-0.2, 0) is 11.3 Å². The summed E-state index contributed by atoms with van der Waals surface area (Å²) in [7, 11) is 1.82. The average molecular weight is 219 g/mol. The van der Waals surface area contributed by atoms with E-state index in [1.165, 1.54) is 30.4 Å². The Labute approximate surface area is 98.0 Å². The van der Waals surface area contributed by atoms with Gasteiger partial charge in [0.05, 0.1) is 6.10 Å². The number of hydrogen-bond donors (Lipinski definition) is 1. The molecule has 2 atom stereocenters. The SMILES string of the molecule is COC1CCCC1NCc1cccc(C)c1. The van der Waals surface area contributed by atoms with Crippen LogP contribution in [0.1, 0.15) is 30.4 Å². The van der Waals surface area contributed by atoms with E-state index < -0.39 is 0 Å². The lowest BCUT2D eigenvalue weighted by molar-refractivity contribution is 0.0847. The largest absolute Gasteiger partial charge is 0.380 e. The molecule has 2 heteroatoms. The molecule has 0 aromatic heterocycles. The van der Waals surface area contributed by atoms with Crippen molar-refractivity contribution < 1.29 is 4.74 Å². The molecule has 2 unspecified atom stereocenters. The molecule has 1 aromatic carbocycles. The molecule has 1 aliphatic rings. The number of rotatable bonds is 4. The first-order valence-electron chi connectivity index (χ1n) is 6.11. The van der Waals surface area contributed by atoms with Crippen LogP contribution < -0.4 is 5.32 Å². The van der Waals surface area contributed by atoms with E-state index in [0.29, 0.717) is 12.1 Å². The molecule has 0 spiro atoms. The zero-order valence-electron chi connectivity index (χ0n) is 10.2. The topological polar surface area (TPSA) is 21.3 Å². The summed E-state index contributed by atoms with van der Waals surface area (Å²) in [6, 6.07) is 9.21. The summed E-state index contributed by atoms with van der Waals surface area (Å²) in [6.45, 7) is 3.09. The van der Waals surface area contributed by atoms with E-state index in [-0.39, 0.29) is 0 Å². The van der Waals surface area contributed by atoms with Crippen LogP contribution in [-0.4, -0.2) is 19.3 Å². The molecule has 88 valence electrons. The predicted molar refractivity (Wildman–Crippen MR) is 66.5 cm³/mol. The molecule has 0 aliphatic heterocycles. The van der Waals surface area contributed by atoms with E-state index in [1.54, 1.807) is 0 Å². The summed E-state index contributed by atoms with van der Waals surface area (Å²) in [5, 5.41) is 3.60. The van der Waals surface area contributed by atoms with Crippen LogP contribution in [0, 0.1) is 6.92 Å². The smallest absolute Gasteiger partial charge is 0.0724 e. The van der Waals surface area contributed by atoms with E-state index in [2.05, 4.69) is 36.5 Å². The van der Waals surface area contributed by atoms with Crippen molar-refractivity contribution in [3.63, 3.8) is 0 Å². The maximum Gasteiger partial charge on any atom is 0.0724 e. The minimum Gasteiger partial charge on any atom is -0.380 e. The van der Waals surface area contributed by atoms with Crippen LogP contribution in [0.25, 0.3) is 0 Å². The van der Waals surface area contributed by atoms with Gasteiger partial charge in [-0.2, -0.15) is 0 Å². The van der Waals surface area contributed by atoms with Crippen molar-refractivity contribution in [1.82, 2.24) is 5.32 Å².